The van der Waals surface area contributed by atoms with Gasteiger partial charge in [0.15, 0.2) is 0 Å². The van der Waals surface area contributed by atoms with Crippen molar-refractivity contribution in [1.29, 1.82) is 0 Å². The SMILES string of the molecule is COCC1CCN(C(=O)C2(CN)CCC(C)CC2)CC1. The Bertz CT molecular complexity index is 316. The minimum atomic E-state index is -0.263. The molecular weight excluding hydrogens is 252 g/mol. The molecule has 0 spiro atoms. The Morgan fingerprint density at radius 3 is 2.35 bits per heavy atom. The Morgan fingerprint density at radius 1 is 1.25 bits per heavy atom. The molecule has 0 radical (unpaired) electrons. The third-order valence-electron chi connectivity index (χ3n) is 5.38. The Hall–Kier alpha value is -0.610. The van der Waals surface area contributed by atoms with Crippen LogP contribution in [0.2, 0.25) is 0 Å². The summed E-state index contributed by atoms with van der Waals surface area (Å²) >= 11 is 0. The number of likely N-dealkylation sites (tertiary alicyclic amines) is 1. The Labute approximate surface area is 123 Å². The van der Waals surface area contributed by atoms with Crippen molar-refractivity contribution in [3.05, 3.63) is 0 Å². The second-order valence-electron chi connectivity index (χ2n) is 6.86. The molecule has 1 saturated heterocycles. The molecule has 0 bridgehead atoms. The summed E-state index contributed by atoms with van der Waals surface area (Å²) in [5.74, 6) is 1.68. The Balaban J connectivity index is 1.93. The molecule has 1 aliphatic carbocycles. The van der Waals surface area contributed by atoms with Crippen LogP contribution in [0, 0.1) is 17.3 Å². The second-order valence-corrected chi connectivity index (χ2v) is 6.86. The molecule has 0 aromatic rings. The summed E-state index contributed by atoms with van der Waals surface area (Å²) in [7, 11) is 1.75. The largest absolute Gasteiger partial charge is 0.384 e. The molecule has 20 heavy (non-hydrogen) atoms. The third kappa shape index (κ3) is 3.34. The van der Waals surface area contributed by atoms with Gasteiger partial charge in [-0.25, -0.2) is 0 Å². The topological polar surface area (TPSA) is 55.6 Å². The van der Waals surface area contributed by atoms with E-state index in [0.29, 0.717) is 18.4 Å². The number of hydrogen-bond donors (Lipinski definition) is 1. The van der Waals surface area contributed by atoms with Crippen LogP contribution < -0.4 is 5.73 Å². The number of piperidine rings is 1. The molecule has 4 heteroatoms. The maximum absolute atomic E-state index is 12.9. The molecule has 0 aromatic heterocycles. The minimum absolute atomic E-state index is 0.263. The zero-order valence-electron chi connectivity index (χ0n) is 13.1. The van der Waals surface area contributed by atoms with Crippen LogP contribution in [0.3, 0.4) is 0 Å². The number of carbonyl (C=O) groups excluding carboxylic acids is 1. The highest BCUT2D eigenvalue weighted by Gasteiger charge is 2.42. The number of nitrogens with two attached hydrogens (primary N) is 1. The highest BCUT2D eigenvalue weighted by atomic mass is 16.5. The number of nitrogens with zero attached hydrogens (tertiary/aromatic N) is 1. The first-order valence-corrected chi connectivity index (χ1v) is 8.09. The van der Waals surface area contributed by atoms with E-state index < -0.39 is 0 Å². The monoisotopic (exact) mass is 282 g/mol. The second kappa shape index (κ2) is 6.90. The van der Waals surface area contributed by atoms with Crippen LogP contribution in [-0.2, 0) is 9.53 Å². The number of ether oxygens (including phenoxy) is 1. The number of hydrogen-bond acceptors (Lipinski definition) is 3. The van der Waals surface area contributed by atoms with E-state index in [1.54, 1.807) is 7.11 Å². The van der Waals surface area contributed by atoms with E-state index in [1.165, 1.54) is 0 Å². The molecule has 0 unspecified atom stereocenters. The van der Waals surface area contributed by atoms with Gasteiger partial charge < -0.3 is 15.4 Å². The molecule has 1 heterocycles. The lowest BCUT2D eigenvalue weighted by molar-refractivity contribution is -0.145. The van der Waals surface area contributed by atoms with Crippen LogP contribution in [0.1, 0.15) is 45.4 Å². The summed E-state index contributed by atoms with van der Waals surface area (Å²) in [6.07, 6.45) is 6.36. The molecule has 1 amide bonds. The van der Waals surface area contributed by atoms with Gasteiger partial charge >= 0.3 is 0 Å². The van der Waals surface area contributed by atoms with Gasteiger partial charge in [-0.05, 0) is 50.4 Å². The molecule has 116 valence electrons. The van der Waals surface area contributed by atoms with Crippen LogP contribution >= 0.6 is 0 Å². The average Bonchev–Trinajstić information content (AvgIpc) is 2.49. The van der Waals surface area contributed by atoms with Gasteiger partial charge in [0.2, 0.25) is 5.91 Å². The van der Waals surface area contributed by atoms with Crippen molar-refractivity contribution >= 4 is 5.91 Å². The summed E-state index contributed by atoms with van der Waals surface area (Å²) in [6.45, 7) is 5.37. The first-order valence-electron chi connectivity index (χ1n) is 8.09. The first-order chi connectivity index (χ1) is 9.61. The van der Waals surface area contributed by atoms with Gasteiger partial charge in [0.1, 0.15) is 0 Å². The fraction of sp³-hybridized carbons (Fsp3) is 0.938. The molecule has 2 aliphatic rings. The van der Waals surface area contributed by atoms with E-state index in [9.17, 15) is 4.79 Å². The van der Waals surface area contributed by atoms with Crippen LogP contribution in [0.5, 0.6) is 0 Å². The van der Waals surface area contributed by atoms with Gasteiger partial charge in [0.25, 0.3) is 0 Å². The zero-order valence-corrected chi connectivity index (χ0v) is 13.1. The van der Waals surface area contributed by atoms with Crippen molar-refractivity contribution in [2.75, 3.05) is 33.4 Å². The van der Waals surface area contributed by atoms with Gasteiger partial charge in [0, 0.05) is 33.4 Å². The molecule has 0 aromatic carbocycles. The van der Waals surface area contributed by atoms with Crippen molar-refractivity contribution < 1.29 is 9.53 Å². The standard InChI is InChI=1S/C16H30N2O2/c1-13-3-7-16(12-17,8-4-13)15(19)18-9-5-14(6-10-18)11-20-2/h13-14H,3-12,17H2,1-2H3. The highest BCUT2D eigenvalue weighted by Crippen LogP contribution is 2.40. The number of methoxy groups -OCH3 is 1. The molecule has 4 nitrogen and oxygen atoms in total. The quantitative estimate of drug-likeness (QED) is 0.858. The zero-order chi connectivity index (χ0) is 14.6. The van der Waals surface area contributed by atoms with Crippen LogP contribution in [0.15, 0.2) is 0 Å². The van der Waals surface area contributed by atoms with Crippen molar-refractivity contribution in [1.82, 2.24) is 4.90 Å². The Morgan fingerprint density at radius 2 is 1.85 bits per heavy atom. The van der Waals surface area contributed by atoms with E-state index in [4.69, 9.17) is 10.5 Å². The number of carbonyl (C=O) groups is 1. The summed E-state index contributed by atoms with van der Waals surface area (Å²) in [4.78, 5) is 15.0. The summed E-state index contributed by atoms with van der Waals surface area (Å²) in [6, 6.07) is 0. The lowest BCUT2D eigenvalue weighted by atomic mass is 9.69. The number of rotatable bonds is 4. The predicted molar refractivity (Wildman–Crippen MR) is 80.3 cm³/mol. The van der Waals surface area contributed by atoms with Gasteiger partial charge in [0.05, 0.1) is 5.41 Å². The summed E-state index contributed by atoms with van der Waals surface area (Å²) < 4.78 is 5.22. The number of amides is 1. The van der Waals surface area contributed by atoms with Crippen LogP contribution in [0.25, 0.3) is 0 Å². The van der Waals surface area contributed by atoms with Crippen molar-refractivity contribution in [3.63, 3.8) is 0 Å². The molecule has 1 aliphatic heterocycles. The minimum Gasteiger partial charge on any atom is -0.384 e. The highest BCUT2D eigenvalue weighted by molar-refractivity contribution is 5.83. The van der Waals surface area contributed by atoms with Crippen LogP contribution in [-0.4, -0.2) is 44.2 Å². The Kier molecular flexibility index (Phi) is 5.44. The maximum atomic E-state index is 12.9. The van der Waals surface area contributed by atoms with Gasteiger partial charge in [-0.2, -0.15) is 0 Å². The van der Waals surface area contributed by atoms with E-state index in [2.05, 4.69) is 11.8 Å². The summed E-state index contributed by atoms with van der Waals surface area (Å²) in [5.41, 5.74) is 5.74. The predicted octanol–water partition coefficient (Wildman–Crippen LogP) is 2.03. The van der Waals surface area contributed by atoms with Gasteiger partial charge in [-0.3, -0.25) is 4.79 Å². The van der Waals surface area contributed by atoms with E-state index in [-0.39, 0.29) is 5.41 Å². The fourth-order valence-corrected chi connectivity index (χ4v) is 3.69. The van der Waals surface area contributed by atoms with Crippen molar-refractivity contribution in [3.8, 4) is 0 Å². The summed E-state index contributed by atoms with van der Waals surface area (Å²) in [5, 5.41) is 0. The first kappa shape index (κ1) is 15.8. The van der Waals surface area contributed by atoms with Crippen molar-refractivity contribution in [2.45, 2.75) is 45.4 Å². The van der Waals surface area contributed by atoms with Crippen molar-refractivity contribution in [2.24, 2.45) is 23.0 Å². The normalized spacial score (nSPS) is 32.4. The lowest BCUT2D eigenvalue weighted by Gasteiger charge is -2.42. The van der Waals surface area contributed by atoms with Crippen LogP contribution in [0.4, 0.5) is 0 Å². The molecule has 1 saturated carbocycles. The molecule has 2 N–H and O–H groups in total. The molecule has 2 rings (SSSR count). The van der Waals surface area contributed by atoms with E-state index in [0.717, 1.165) is 64.1 Å². The van der Waals surface area contributed by atoms with E-state index >= 15 is 0 Å². The maximum Gasteiger partial charge on any atom is 0.230 e. The van der Waals surface area contributed by atoms with Gasteiger partial charge in [-0.1, -0.05) is 6.92 Å². The molecular formula is C16H30N2O2. The third-order valence-corrected chi connectivity index (χ3v) is 5.38. The lowest BCUT2D eigenvalue weighted by Crippen LogP contribution is -2.52. The molecule has 2 fully saturated rings. The van der Waals surface area contributed by atoms with E-state index in [1.807, 2.05) is 0 Å². The smallest absolute Gasteiger partial charge is 0.230 e. The van der Waals surface area contributed by atoms with Gasteiger partial charge in [-0.15, -0.1) is 0 Å². The fourth-order valence-electron chi connectivity index (χ4n) is 3.69. The molecule has 0 atom stereocenters. The average molecular weight is 282 g/mol.